The van der Waals surface area contributed by atoms with E-state index in [2.05, 4.69) is 42.8 Å². The largest absolute Gasteiger partial charge is 0.480 e. The van der Waals surface area contributed by atoms with Crippen LogP contribution in [0.4, 0.5) is 40.7 Å². The normalized spacial score (nSPS) is 23.6. The van der Waals surface area contributed by atoms with Gasteiger partial charge in [0, 0.05) is 57.1 Å². The van der Waals surface area contributed by atoms with E-state index in [1.165, 1.54) is 30.8 Å². The van der Waals surface area contributed by atoms with Gasteiger partial charge in [-0.3, -0.25) is 14.3 Å². The topological polar surface area (TPSA) is 134 Å². The summed E-state index contributed by atoms with van der Waals surface area (Å²) in [5, 5.41) is 14.4. The van der Waals surface area contributed by atoms with Crippen molar-refractivity contribution in [2.45, 2.75) is 69.8 Å². The van der Waals surface area contributed by atoms with Crippen LogP contribution in [0, 0.1) is 23.5 Å². The number of aromatic nitrogens is 5. The number of amides is 1. The number of hydrogen-bond donors (Lipinski definition) is 3. The maximum absolute atomic E-state index is 16.2. The van der Waals surface area contributed by atoms with Gasteiger partial charge in [0.15, 0.2) is 18.2 Å². The van der Waals surface area contributed by atoms with E-state index in [0.29, 0.717) is 71.4 Å². The van der Waals surface area contributed by atoms with Gasteiger partial charge in [-0.25, -0.2) is 22.5 Å². The monoisotopic (exact) mass is 864 g/mol. The lowest BCUT2D eigenvalue weighted by molar-refractivity contribution is -0.123. The zero-order valence-corrected chi connectivity index (χ0v) is 35.3. The van der Waals surface area contributed by atoms with E-state index >= 15 is 8.78 Å². The summed E-state index contributed by atoms with van der Waals surface area (Å²) in [6.45, 7) is 7.25. The van der Waals surface area contributed by atoms with Crippen LogP contribution >= 0.6 is 11.6 Å². The zero-order valence-electron chi connectivity index (χ0n) is 34.5. The Balaban J connectivity index is 0.848. The second-order valence-electron chi connectivity index (χ2n) is 17.2. The molecule has 3 N–H and O–H groups in total. The van der Waals surface area contributed by atoms with Crippen molar-refractivity contribution in [3.63, 3.8) is 0 Å². The van der Waals surface area contributed by atoms with Crippen LogP contribution in [0.3, 0.4) is 0 Å². The standard InChI is InChI=1S/C43H49ClF4N10O3/c1-22-19-58(15-11-25(22)20-57-13-9-24(10-14-57)26-7-8-27-35(28-6-5-12-49-40(28)59)54-56(4)37(27)34(26)46)42-50-18-30(44)39(53-42)52-32-16-29-33(17-31(32)45)55(3)41(60)38-36(29)51-23(2)43(47,48)21-61-38/h7-8,16-18,22-25,28,51H,5-6,9-15,19-21H2,1-4H3,(H,49,59)(H,50,52,53)/t22-,23?,25-,28?/m1/s1. The summed E-state index contributed by atoms with van der Waals surface area (Å²) >= 11 is 6.54. The van der Waals surface area contributed by atoms with Crippen molar-refractivity contribution >= 4 is 62.5 Å². The molecule has 3 saturated heterocycles. The number of nitrogens with one attached hydrogen (secondary N) is 3. The number of fused-ring (bicyclic) bond motifs is 4. The van der Waals surface area contributed by atoms with Crippen molar-refractivity contribution < 1.29 is 27.1 Å². The van der Waals surface area contributed by atoms with Gasteiger partial charge in [0.2, 0.25) is 17.6 Å². The highest BCUT2D eigenvalue weighted by atomic mass is 35.5. The Morgan fingerprint density at radius 3 is 2.57 bits per heavy atom. The van der Waals surface area contributed by atoms with Gasteiger partial charge < -0.3 is 35.1 Å². The molecule has 13 nitrogen and oxygen atoms in total. The predicted octanol–water partition coefficient (Wildman–Crippen LogP) is 7.05. The van der Waals surface area contributed by atoms with E-state index in [4.69, 9.17) is 21.3 Å². The van der Waals surface area contributed by atoms with Gasteiger partial charge in [0.05, 0.1) is 40.7 Å². The molecule has 0 saturated carbocycles. The van der Waals surface area contributed by atoms with Gasteiger partial charge in [0.25, 0.3) is 5.56 Å². The number of nitrogens with zero attached hydrogens (tertiary/aromatic N) is 7. The third-order valence-corrected chi connectivity index (χ3v) is 13.6. The second-order valence-corrected chi connectivity index (χ2v) is 17.6. The lowest BCUT2D eigenvalue weighted by Crippen LogP contribution is -2.45. The molecule has 7 heterocycles. The van der Waals surface area contributed by atoms with Gasteiger partial charge in [-0.05, 0) is 81.5 Å². The molecule has 2 aromatic carbocycles. The molecule has 9 rings (SSSR count). The first-order chi connectivity index (χ1) is 29.2. The number of carbonyl (C=O) groups excluding carboxylic acids is 1. The minimum atomic E-state index is -3.26. The van der Waals surface area contributed by atoms with Crippen molar-refractivity contribution in [2.75, 3.05) is 61.4 Å². The molecule has 61 heavy (non-hydrogen) atoms. The first-order valence-electron chi connectivity index (χ1n) is 21.0. The summed E-state index contributed by atoms with van der Waals surface area (Å²) in [6.07, 6.45) is 5.64. The highest BCUT2D eigenvalue weighted by molar-refractivity contribution is 6.33. The van der Waals surface area contributed by atoms with Crippen molar-refractivity contribution in [3.05, 3.63) is 68.7 Å². The van der Waals surface area contributed by atoms with Crippen molar-refractivity contribution in [1.29, 1.82) is 0 Å². The number of alkyl halides is 2. The number of carbonyl (C=O) groups is 1. The van der Waals surface area contributed by atoms with Gasteiger partial charge in [-0.15, -0.1) is 0 Å². The first-order valence-corrected chi connectivity index (χ1v) is 21.4. The Kier molecular flexibility index (Phi) is 10.8. The molecule has 324 valence electrons. The van der Waals surface area contributed by atoms with E-state index < -0.39 is 29.9 Å². The molecule has 0 bridgehead atoms. The first kappa shape index (κ1) is 41.2. The van der Waals surface area contributed by atoms with Crippen molar-refractivity contribution in [3.8, 4) is 5.75 Å². The Morgan fingerprint density at radius 2 is 1.82 bits per heavy atom. The Morgan fingerprint density at radius 1 is 1.03 bits per heavy atom. The van der Waals surface area contributed by atoms with Crippen LogP contribution in [0.1, 0.15) is 69.0 Å². The summed E-state index contributed by atoms with van der Waals surface area (Å²) < 4.78 is 69.2. The summed E-state index contributed by atoms with van der Waals surface area (Å²) in [5.74, 6) is -3.45. The number of benzene rings is 2. The number of halogens is 5. The molecule has 0 spiro atoms. The fraction of sp³-hybridized carbons (Fsp3) is 0.512. The van der Waals surface area contributed by atoms with Gasteiger partial charge in [-0.1, -0.05) is 30.7 Å². The predicted molar refractivity (Wildman–Crippen MR) is 227 cm³/mol. The molecule has 5 aromatic rings. The molecule has 3 fully saturated rings. The van der Waals surface area contributed by atoms with E-state index in [1.54, 1.807) is 11.7 Å². The maximum Gasteiger partial charge on any atom is 0.300 e. The van der Waals surface area contributed by atoms with Crippen molar-refractivity contribution in [2.24, 2.45) is 25.9 Å². The zero-order chi connectivity index (χ0) is 42.9. The van der Waals surface area contributed by atoms with Crippen LogP contribution in [0.15, 0.2) is 35.3 Å². The summed E-state index contributed by atoms with van der Waals surface area (Å²) in [5.41, 5.74) is 1.38. The number of pyridine rings is 1. The average molecular weight is 865 g/mol. The highest BCUT2D eigenvalue weighted by Crippen LogP contribution is 2.41. The van der Waals surface area contributed by atoms with Crippen LogP contribution < -0.4 is 31.1 Å². The highest BCUT2D eigenvalue weighted by Gasteiger charge is 2.42. The Bertz CT molecular complexity index is 2600. The van der Waals surface area contributed by atoms with Gasteiger partial charge >= 0.3 is 5.92 Å². The lowest BCUT2D eigenvalue weighted by Gasteiger charge is -2.41. The summed E-state index contributed by atoms with van der Waals surface area (Å²) in [6, 6.07) is 5.08. The summed E-state index contributed by atoms with van der Waals surface area (Å²) in [4.78, 5) is 39.5. The van der Waals surface area contributed by atoms with E-state index in [0.717, 1.165) is 51.4 Å². The summed E-state index contributed by atoms with van der Waals surface area (Å²) in [7, 11) is 3.18. The van der Waals surface area contributed by atoms with E-state index in [1.807, 2.05) is 12.1 Å². The molecular formula is C43H49ClF4N10O3. The number of anilines is 4. The number of ether oxygens (including phenoxy) is 1. The number of piperidine rings is 3. The minimum absolute atomic E-state index is 0.0271. The smallest absolute Gasteiger partial charge is 0.300 e. The number of rotatable bonds is 7. The molecular weight excluding hydrogens is 816 g/mol. The third-order valence-electron chi connectivity index (χ3n) is 13.3. The Labute approximate surface area is 354 Å². The molecule has 3 aromatic heterocycles. The molecule has 0 radical (unpaired) electrons. The molecule has 4 aliphatic heterocycles. The van der Waals surface area contributed by atoms with E-state index in [9.17, 15) is 18.4 Å². The lowest BCUT2D eigenvalue weighted by atomic mass is 9.84. The van der Waals surface area contributed by atoms with Crippen LogP contribution in [0.2, 0.25) is 5.02 Å². The van der Waals surface area contributed by atoms with Crippen LogP contribution in [-0.4, -0.2) is 93.0 Å². The molecule has 1 amide bonds. The average Bonchev–Trinajstić information content (AvgIpc) is 3.52. The van der Waals surface area contributed by atoms with Crippen LogP contribution in [-0.2, 0) is 18.9 Å². The van der Waals surface area contributed by atoms with Crippen LogP contribution in [0.25, 0.3) is 21.8 Å². The minimum Gasteiger partial charge on any atom is -0.480 e. The van der Waals surface area contributed by atoms with Gasteiger partial charge in [-0.2, -0.15) is 10.1 Å². The maximum atomic E-state index is 16.2. The van der Waals surface area contributed by atoms with Crippen molar-refractivity contribution in [1.82, 2.24) is 34.5 Å². The number of aryl methyl sites for hydroxylation is 2. The fourth-order valence-electron chi connectivity index (χ4n) is 9.62. The quantitative estimate of drug-likeness (QED) is 0.146. The van der Waals surface area contributed by atoms with E-state index in [-0.39, 0.29) is 57.0 Å². The molecule has 18 heteroatoms. The Hall–Kier alpha value is -5.16. The SMILES string of the molecule is CC1Nc2c(c(=O)n(C)c3cc(F)c(Nc4nc(N5CC[C@H](CN6CCC(c7ccc8c(C9CCCNC9=O)nn(C)c8c7F)CC6)[C@H](C)C5)ncc4Cl)cc23)OCC1(F)F. The van der Waals surface area contributed by atoms with Crippen LogP contribution in [0.5, 0.6) is 5.75 Å². The number of hydrogen-bond acceptors (Lipinski definition) is 10. The molecule has 2 unspecified atom stereocenters. The molecule has 4 aliphatic rings. The molecule has 4 atom stereocenters. The second kappa shape index (κ2) is 15.9. The fourth-order valence-corrected chi connectivity index (χ4v) is 9.76. The molecule has 0 aliphatic carbocycles. The third kappa shape index (κ3) is 7.50. The van der Waals surface area contributed by atoms with Gasteiger partial charge in [0.1, 0.15) is 16.4 Å². The number of likely N-dealkylation sites (tertiary alicyclic amines) is 1.